The lowest BCUT2D eigenvalue weighted by molar-refractivity contribution is -0.140. The number of nitrogens with zero attached hydrogens (tertiary/aromatic N) is 3. The van der Waals surface area contributed by atoms with Crippen molar-refractivity contribution in [3.8, 4) is 0 Å². The lowest BCUT2D eigenvalue weighted by atomic mass is 10.5. The van der Waals surface area contributed by atoms with Gasteiger partial charge in [0, 0.05) is 25.5 Å². The summed E-state index contributed by atoms with van der Waals surface area (Å²) in [5.74, 6) is -1.68. The fourth-order valence-electron chi connectivity index (χ4n) is 1.27. The molecule has 1 aromatic rings. The number of urea groups is 1. The van der Waals surface area contributed by atoms with Crippen LogP contribution in [0.5, 0.6) is 0 Å². The van der Waals surface area contributed by atoms with Gasteiger partial charge in [-0.25, -0.2) is 9.78 Å². The van der Waals surface area contributed by atoms with Crippen molar-refractivity contribution in [3.63, 3.8) is 0 Å². The number of carbonyl (C=O) groups excluding carboxylic acids is 3. The molecule has 0 bridgehead atoms. The molecule has 8 heteroatoms. The molecule has 1 saturated heterocycles. The van der Waals surface area contributed by atoms with E-state index in [0.29, 0.717) is 6.54 Å². The lowest BCUT2D eigenvalue weighted by Gasteiger charge is -2.10. The SMILES string of the molecule is Cl.O=C1NC(=O)N(CCn2ccnc2)C1=O. The highest BCUT2D eigenvalue weighted by Gasteiger charge is 2.36. The Morgan fingerprint density at radius 3 is 2.50 bits per heavy atom. The van der Waals surface area contributed by atoms with Crippen LogP contribution in [0, 0.1) is 0 Å². The fraction of sp³-hybridized carbons (Fsp3) is 0.250. The molecule has 1 N–H and O–H groups in total. The van der Waals surface area contributed by atoms with Crippen LogP contribution in [0.3, 0.4) is 0 Å². The number of imide groups is 2. The van der Waals surface area contributed by atoms with Gasteiger partial charge in [0.2, 0.25) is 0 Å². The minimum Gasteiger partial charge on any atom is -0.336 e. The summed E-state index contributed by atoms with van der Waals surface area (Å²) in [6, 6.07) is -0.662. The number of nitrogens with one attached hydrogen (secondary N) is 1. The summed E-state index contributed by atoms with van der Waals surface area (Å²) in [7, 11) is 0. The maximum Gasteiger partial charge on any atom is 0.331 e. The van der Waals surface area contributed by atoms with Crippen molar-refractivity contribution in [1.29, 1.82) is 0 Å². The molecule has 0 aliphatic carbocycles. The van der Waals surface area contributed by atoms with Crippen LogP contribution in [-0.2, 0) is 16.1 Å². The second kappa shape index (κ2) is 4.75. The number of imidazole rings is 1. The summed E-state index contributed by atoms with van der Waals surface area (Å²) < 4.78 is 1.71. The molecule has 1 aliphatic rings. The number of amides is 4. The maximum absolute atomic E-state index is 11.1. The smallest absolute Gasteiger partial charge is 0.331 e. The van der Waals surface area contributed by atoms with Gasteiger partial charge in [0.25, 0.3) is 0 Å². The van der Waals surface area contributed by atoms with Crippen LogP contribution < -0.4 is 5.32 Å². The monoisotopic (exact) mass is 244 g/mol. The molecule has 0 atom stereocenters. The van der Waals surface area contributed by atoms with E-state index in [-0.39, 0.29) is 19.0 Å². The van der Waals surface area contributed by atoms with Gasteiger partial charge in [-0.3, -0.25) is 19.8 Å². The van der Waals surface area contributed by atoms with Crippen LogP contribution >= 0.6 is 12.4 Å². The zero-order chi connectivity index (χ0) is 10.8. The average molecular weight is 245 g/mol. The third-order valence-electron chi connectivity index (χ3n) is 2.05. The second-order valence-electron chi connectivity index (χ2n) is 3.02. The van der Waals surface area contributed by atoms with Gasteiger partial charge in [-0.05, 0) is 0 Å². The van der Waals surface area contributed by atoms with Crippen molar-refractivity contribution >= 4 is 30.3 Å². The lowest BCUT2D eigenvalue weighted by Crippen LogP contribution is -2.33. The summed E-state index contributed by atoms with van der Waals surface area (Å²) in [4.78, 5) is 37.8. The molecule has 1 aliphatic heterocycles. The first-order valence-electron chi connectivity index (χ1n) is 4.31. The zero-order valence-corrected chi connectivity index (χ0v) is 8.94. The first-order chi connectivity index (χ1) is 7.18. The predicted octanol–water partition coefficient (Wildman–Crippen LogP) is -0.617. The molecule has 0 unspecified atom stereocenters. The highest BCUT2D eigenvalue weighted by Crippen LogP contribution is 2.00. The summed E-state index contributed by atoms with van der Waals surface area (Å²) in [5, 5.41) is 1.92. The number of hydrogen-bond acceptors (Lipinski definition) is 4. The van der Waals surface area contributed by atoms with Gasteiger partial charge >= 0.3 is 17.8 Å². The highest BCUT2D eigenvalue weighted by atomic mass is 35.5. The Balaban J connectivity index is 0.00000128. The Morgan fingerprint density at radius 1 is 1.25 bits per heavy atom. The minimum atomic E-state index is -0.870. The van der Waals surface area contributed by atoms with E-state index in [9.17, 15) is 14.4 Å². The van der Waals surface area contributed by atoms with Crippen molar-refractivity contribution in [2.75, 3.05) is 6.54 Å². The van der Waals surface area contributed by atoms with E-state index >= 15 is 0 Å². The summed E-state index contributed by atoms with van der Waals surface area (Å²) in [6.45, 7) is 0.583. The van der Waals surface area contributed by atoms with E-state index in [0.717, 1.165) is 4.90 Å². The first kappa shape index (κ1) is 12.2. The standard InChI is InChI=1S/C8H8N4O3.ClH/c13-6-7(14)12(8(15)10-6)4-3-11-2-1-9-5-11;/h1-2,5H,3-4H2,(H,10,13,15);1H. The Bertz CT molecular complexity index is 417. The van der Waals surface area contributed by atoms with Gasteiger partial charge in [-0.1, -0.05) is 0 Å². The van der Waals surface area contributed by atoms with Gasteiger partial charge in [0.15, 0.2) is 0 Å². The summed E-state index contributed by atoms with van der Waals surface area (Å²) in [5.41, 5.74) is 0. The van der Waals surface area contributed by atoms with Crippen molar-refractivity contribution in [2.24, 2.45) is 0 Å². The number of halogens is 1. The van der Waals surface area contributed by atoms with Crippen LogP contribution in [0.2, 0.25) is 0 Å². The molecule has 7 nitrogen and oxygen atoms in total. The zero-order valence-electron chi connectivity index (χ0n) is 8.12. The molecule has 4 amide bonds. The molecule has 16 heavy (non-hydrogen) atoms. The van der Waals surface area contributed by atoms with Gasteiger partial charge in [-0.2, -0.15) is 0 Å². The quantitative estimate of drug-likeness (QED) is 0.568. The molecular formula is C8H9ClN4O3. The molecule has 0 radical (unpaired) electrons. The van der Waals surface area contributed by atoms with Crippen LogP contribution in [0.4, 0.5) is 4.79 Å². The third-order valence-corrected chi connectivity index (χ3v) is 2.05. The molecule has 0 spiro atoms. The predicted molar refractivity (Wildman–Crippen MR) is 54.7 cm³/mol. The number of rotatable bonds is 3. The normalized spacial score (nSPS) is 15.0. The van der Waals surface area contributed by atoms with Crippen LogP contribution in [0.15, 0.2) is 18.7 Å². The molecule has 0 saturated carbocycles. The average Bonchev–Trinajstić information content (AvgIpc) is 2.76. The Morgan fingerprint density at radius 2 is 2.00 bits per heavy atom. The van der Waals surface area contributed by atoms with Crippen molar-refractivity contribution in [2.45, 2.75) is 6.54 Å². The van der Waals surface area contributed by atoms with Gasteiger partial charge in [-0.15, -0.1) is 12.4 Å². The molecule has 2 heterocycles. The Kier molecular flexibility index (Phi) is 3.62. The van der Waals surface area contributed by atoms with Crippen molar-refractivity contribution in [1.82, 2.24) is 19.8 Å². The molecule has 2 rings (SSSR count). The molecule has 86 valence electrons. The summed E-state index contributed by atoms with van der Waals surface area (Å²) in [6.07, 6.45) is 4.87. The van der Waals surface area contributed by atoms with E-state index in [2.05, 4.69) is 4.98 Å². The third kappa shape index (κ3) is 2.19. The summed E-state index contributed by atoms with van der Waals surface area (Å²) >= 11 is 0. The molecule has 1 fully saturated rings. The highest BCUT2D eigenvalue weighted by molar-refractivity contribution is 6.44. The van der Waals surface area contributed by atoms with Crippen LogP contribution in [-0.4, -0.2) is 38.8 Å². The van der Waals surface area contributed by atoms with Crippen molar-refractivity contribution < 1.29 is 14.4 Å². The first-order valence-corrected chi connectivity index (χ1v) is 4.31. The number of carbonyl (C=O) groups is 3. The number of hydrogen-bond donors (Lipinski definition) is 1. The van der Waals surface area contributed by atoms with E-state index in [4.69, 9.17) is 0 Å². The minimum absolute atomic E-state index is 0. The fourth-order valence-corrected chi connectivity index (χ4v) is 1.27. The second-order valence-corrected chi connectivity index (χ2v) is 3.02. The molecule has 0 aromatic carbocycles. The van der Waals surface area contributed by atoms with Gasteiger partial charge < -0.3 is 4.57 Å². The van der Waals surface area contributed by atoms with Gasteiger partial charge in [0.05, 0.1) is 6.33 Å². The van der Waals surface area contributed by atoms with E-state index < -0.39 is 17.8 Å². The van der Waals surface area contributed by atoms with E-state index in [1.54, 1.807) is 23.3 Å². The molecular weight excluding hydrogens is 236 g/mol. The van der Waals surface area contributed by atoms with E-state index in [1.807, 2.05) is 5.32 Å². The largest absolute Gasteiger partial charge is 0.336 e. The van der Waals surface area contributed by atoms with Gasteiger partial charge in [0.1, 0.15) is 0 Å². The van der Waals surface area contributed by atoms with Crippen LogP contribution in [0.1, 0.15) is 0 Å². The van der Waals surface area contributed by atoms with Crippen LogP contribution in [0.25, 0.3) is 0 Å². The van der Waals surface area contributed by atoms with E-state index in [1.165, 1.54) is 0 Å². The van der Waals surface area contributed by atoms with Crippen molar-refractivity contribution in [3.05, 3.63) is 18.7 Å². The number of aromatic nitrogens is 2. The molecule has 1 aromatic heterocycles. The Labute approximate surface area is 96.8 Å². The topological polar surface area (TPSA) is 84.3 Å². The Hall–Kier alpha value is -1.89. The maximum atomic E-state index is 11.1.